The van der Waals surface area contributed by atoms with Crippen molar-refractivity contribution in [1.29, 1.82) is 5.26 Å². The number of sulfonamides is 1. The first-order chi connectivity index (χ1) is 14.3. The number of nitrogens with zero attached hydrogens (tertiary/aromatic N) is 2. The van der Waals surface area contributed by atoms with Gasteiger partial charge in [-0.1, -0.05) is 42.5 Å². The third-order valence-corrected chi connectivity index (χ3v) is 6.48. The molecule has 0 saturated heterocycles. The van der Waals surface area contributed by atoms with Gasteiger partial charge in [0, 0.05) is 26.2 Å². The second-order valence-corrected chi connectivity index (χ2v) is 9.00. The highest BCUT2D eigenvalue weighted by molar-refractivity contribution is 7.89. The number of carbonyl (C=O) groups excluding carboxylic acids is 1. The molecule has 0 aromatic heterocycles. The summed E-state index contributed by atoms with van der Waals surface area (Å²) in [5, 5.41) is 11.8. The molecule has 0 aliphatic rings. The van der Waals surface area contributed by atoms with Gasteiger partial charge in [-0.05, 0) is 47.0 Å². The van der Waals surface area contributed by atoms with Crippen LogP contribution in [0.1, 0.15) is 21.5 Å². The minimum absolute atomic E-state index is 0.194. The summed E-state index contributed by atoms with van der Waals surface area (Å²) < 4.78 is 25.7. The summed E-state index contributed by atoms with van der Waals surface area (Å²) in [5.74, 6) is -0.236. The maximum atomic E-state index is 12.8. The molecule has 0 radical (unpaired) electrons. The van der Waals surface area contributed by atoms with Gasteiger partial charge in [0.05, 0.1) is 16.5 Å². The number of benzene rings is 3. The predicted octanol–water partition coefficient (Wildman–Crippen LogP) is 3.41. The molecule has 3 aromatic rings. The highest BCUT2D eigenvalue weighted by Gasteiger charge is 2.18. The number of carbonyl (C=O) groups is 1. The number of nitriles is 1. The summed E-state index contributed by atoms with van der Waals surface area (Å²) in [5.41, 5.74) is 3.41. The summed E-state index contributed by atoms with van der Waals surface area (Å²) >= 11 is 0. The van der Waals surface area contributed by atoms with Crippen molar-refractivity contribution in [2.45, 2.75) is 11.4 Å². The number of nitrogens with one attached hydrogen (secondary N) is 1. The van der Waals surface area contributed by atoms with E-state index in [0.29, 0.717) is 23.2 Å². The molecule has 0 unspecified atom stereocenters. The van der Waals surface area contributed by atoms with Crippen LogP contribution in [0.25, 0.3) is 11.1 Å². The van der Waals surface area contributed by atoms with Crippen molar-refractivity contribution in [1.82, 2.24) is 9.62 Å². The summed E-state index contributed by atoms with van der Waals surface area (Å²) in [6.07, 6.45) is 0. The van der Waals surface area contributed by atoms with Crippen LogP contribution in [0.3, 0.4) is 0 Å². The van der Waals surface area contributed by atoms with Crippen LogP contribution in [0, 0.1) is 11.3 Å². The fourth-order valence-corrected chi connectivity index (χ4v) is 3.83. The van der Waals surface area contributed by atoms with Gasteiger partial charge < -0.3 is 5.32 Å². The Morgan fingerprint density at radius 1 is 0.967 bits per heavy atom. The van der Waals surface area contributed by atoms with Gasteiger partial charge in [-0.2, -0.15) is 5.26 Å². The lowest BCUT2D eigenvalue weighted by atomic mass is 9.99. The van der Waals surface area contributed by atoms with E-state index in [2.05, 4.69) is 11.4 Å². The highest BCUT2D eigenvalue weighted by atomic mass is 32.2. The van der Waals surface area contributed by atoms with Crippen molar-refractivity contribution in [2.24, 2.45) is 0 Å². The molecule has 0 atom stereocenters. The van der Waals surface area contributed by atoms with Crippen LogP contribution in [0.4, 0.5) is 0 Å². The van der Waals surface area contributed by atoms with Crippen LogP contribution in [-0.2, 0) is 16.6 Å². The van der Waals surface area contributed by atoms with Gasteiger partial charge >= 0.3 is 0 Å². The van der Waals surface area contributed by atoms with E-state index in [1.165, 1.54) is 26.2 Å². The molecule has 1 N–H and O–H groups in total. The quantitative estimate of drug-likeness (QED) is 0.663. The van der Waals surface area contributed by atoms with Crippen molar-refractivity contribution in [3.05, 3.63) is 89.5 Å². The molecule has 0 fully saturated rings. The molecule has 0 bridgehead atoms. The SMILES string of the molecule is CN(C)S(=O)(=O)c1ccc(-c2ccccc2C(=O)NCc2ccc(C#N)cc2)cc1. The normalized spacial score (nSPS) is 11.1. The van der Waals surface area contributed by atoms with E-state index < -0.39 is 10.0 Å². The maximum Gasteiger partial charge on any atom is 0.252 e. The Labute approximate surface area is 176 Å². The van der Waals surface area contributed by atoms with Crippen LogP contribution >= 0.6 is 0 Å². The van der Waals surface area contributed by atoms with Gasteiger partial charge in [-0.15, -0.1) is 0 Å². The zero-order chi connectivity index (χ0) is 21.7. The van der Waals surface area contributed by atoms with Crippen LogP contribution in [0.5, 0.6) is 0 Å². The van der Waals surface area contributed by atoms with E-state index in [1.54, 1.807) is 48.5 Å². The molecule has 30 heavy (non-hydrogen) atoms. The van der Waals surface area contributed by atoms with E-state index in [9.17, 15) is 13.2 Å². The van der Waals surface area contributed by atoms with E-state index in [4.69, 9.17) is 5.26 Å². The average Bonchev–Trinajstić information content (AvgIpc) is 2.77. The third kappa shape index (κ3) is 4.57. The molecule has 0 spiro atoms. The highest BCUT2D eigenvalue weighted by Crippen LogP contribution is 2.26. The molecule has 1 amide bonds. The van der Waals surface area contributed by atoms with Gasteiger partial charge in [0.15, 0.2) is 0 Å². The lowest BCUT2D eigenvalue weighted by Gasteiger charge is -2.13. The lowest BCUT2D eigenvalue weighted by molar-refractivity contribution is 0.0951. The minimum Gasteiger partial charge on any atom is -0.348 e. The second kappa shape index (κ2) is 8.91. The molecular formula is C23H21N3O3S. The molecule has 152 valence electrons. The maximum absolute atomic E-state index is 12.8. The Balaban J connectivity index is 1.81. The first-order valence-electron chi connectivity index (χ1n) is 9.22. The zero-order valence-electron chi connectivity index (χ0n) is 16.7. The number of hydrogen-bond acceptors (Lipinski definition) is 4. The summed E-state index contributed by atoms with van der Waals surface area (Å²) in [6.45, 7) is 0.332. The van der Waals surface area contributed by atoms with E-state index in [-0.39, 0.29) is 10.8 Å². The van der Waals surface area contributed by atoms with Crippen LogP contribution < -0.4 is 5.32 Å². The fourth-order valence-electron chi connectivity index (χ4n) is 2.92. The summed E-state index contributed by atoms with van der Waals surface area (Å²) in [7, 11) is -0.547. The van der Waals surface area contributed by atoms with Crippen LogP contribution in [-0.4, -0.2) is 32.7 Å². The summed E-state index contributed by atoms with van der Waals surface area (Å²) in [4.78, 5) is 13.0. The molecular weight excluding hydrogens is 398 g/mol. The van der Waals surface area contributed by atoms with Gasteiger partial charge in [0.2, 0.25) is 10.0 Å². The van der Waals surface area contributed by atoms with E-state index in [0.717, 1.165) is 15.4 Å². The molecule has 0 aliphatic heterocycles. The zero-order valence-corrected chi connectivity index (χ0v) is 17.5. The largest absolute Gasteiger partial charge is 0.348 e. The Hall–Kier alpha value is -3.47. The molecule has 3 aromatic carbocycles. The number of rotatable bonds is 6. The number of hydrogen-bond donors (Lipinski definition) is 1. The van der Waals surface area contributed by atoms with Crippen molar-refractivity contribution in [3.63, 3.8) is 0 Å². The Morgan fingerprint density at radius 3 is 2.20 bits per heavy atom. The molecule has 0 saturated carbocycles. The van der Waals surface area contributed by atoms with Gasteiger partial charge in [-0.25, -0.2) is 12.7 Å². The van der Waals surface area contributed by atoms with Crippen LogP contribution in [0.2, 0.25) is 0 Å². The molecule has 0 heterocycles. The molecule has 0 aliphatic carbocycles. The first-order valence-corrected chi connectivity index (χ1v) is 10.7. The average molecular weight is 420 g/mol. The first kappa shape index (κ1) is 21.2. The standard InChI is InChI=1S/C23H21N3O3S/c1-26(2)30(28,29)20-13-11-19(12-14-20)21-5-3-4-6-22(21)23(27)25-16-18-9-7-17(15-24)8-10-18/h3-14H,16H2,1-2H3,(H,25,27). The molecule has 7 heteroatoms. The van der Waals surface area contributed by atoms with Gasteiger partial charge in [0.25, 0.3) is 5.91 Å². The number of amides is 1. The van der Waals surface area contributed by atoms with Crippen molar-refractivity contribution >= 4 is 15.9 Å². The second-order valence-electron chi connectivity index (χ2n) is 6.85. The Bertz CT molecular complexity index is 1190. The van der Waals surface area contributed by atoms with Crippen molar-refractivity contribution in [3.8, 4) is 17.2 Å². The molecule has 3 rings (SSSR count). The third-order valence-electron chi connectivity index (χ3n) is 4.65. The fraction of sp³-hybridized carbons (Fsp3) is 0.130. The lowest BCUT2D eigenvalue weighted by Crippen LogP contribution is -2.23. The van der Waals surface area contributed by atoms with Gasteiger partial charge in [0.1, 0.15) is 0 Å². The minimum atomic E-state index is -3.51. The Morgan fingerprint density at radius 2 is 1.60 bits per heavy atom. The predicted molar refractivity (Wildman–Crippen MR) is 115 cm³/mol. The van der Waals surface area contributed by atoms with Crippen molar-refractivity contribution in [2.75, 3.05) is 14.1 Å². The monoisotopic (exact) mass is 419 g/mol. The van der Waals surface area contributed by atoms with Crippen molar-refractivity contribution < 1.29 is 13.2 Å². The smallest absolute Gasteiger partial charge is 0.252 e. The van der Waals surface area contributed by atoms with Gasteiger partial charge in [-0.3, -0.25) is 4.79 Å². The van der Waals surface area contributed by atoms with E-state index in [1.807, 2.05) is 12.1 Å². The Kier molecular flexibility index (Phi) is 6.31. The summed E-state index contributed by atoms with van der Waals surface area (Å²) in [6, 6.07) is 22.7. The topological polar surface area (TPSA) is 90.3 Å². The molecule has 6 nitrogen and oxygen atoms in total. The van der Waals surface area contributed by atoms with Crippen LogP contribution in [0.15, 0.2) is 77.7 Å². The van der Waals surface area contributed by atoms with E-state index >= 15 is 0 Å².